The van der Waals surface area contributed by atoms with Crippen LogP contribution >= 0.6 is 0 Å². The normalized spacial score (nSPS) is 15.9. The molecule has 1 saturated heterocycles. The van der Waals surface area contributed by atoms with Gasteiger partial charge in [0.25, 0.3) is 0 Å². The zero-order valence-electron chi connectivity index (χ0n) is 23.1. The van der Waals surface area contributed by atoms with Crippen LogP contribution < -0.4 is 20.3 Å². The van der Waals surface area contributed by atoms with E-state index in [0.29, 0.717) is 42.5 Å². The molecule has 3 heterocycles. The highest BCUT2D eigenvalue weighted by molar-refractivity contribution is 5.98. The van der Waals surface area contributed by atoms with Crippen molar-refractivity contribution >= 4 is 34.5 Å². The van der Waals surface area contributed by atoms with Crippen LogP contribution in [0.4, 0.5) is 23.0 Å². The van der Waals surface area contributed by atoms with Crippen molar-refractivity contribution in [1.29, 1.82) is 0 Å². The summed E-state index contributed by atoms with van der Waals surface area (Å²) in [6.07, 6.45) is 8.13. The molecule has 40 heavy (non-hydrogen) atoms. The third-order valence-electron chi connectivity index (χ3n) is 7.25. The molecular weight excluding hydrogens is 504 g/mol. The Labute approximate surface area is 235 Å². The van der Waals surface area contributed by atoms with Crippen molar-refractivity contribution < 1.29 is 14.3 Å². The number of amides is 1. The molecule has 9 heteroatoms. The van der Waals surface area contributed by atoms with Crippen LogP contribution in [0.5, 0.6) is 11.6 Å². The van der Waals surface area contributed by atoms with Gasteiger partial charge in [-0.3, -0.25) is 4.79 Å². The molecule has 2 aliphatic heterocycles. The molecule has 2 aliphatic rings. The van der Waals surface area contributed by atoms with Crippen LogP contribution in [0.15, 0.2) is 73.5 Å². The second-order valence-corrected chi connectivity index (χ2v) is 10.1. The molecule has 0 saturated carbocycles. The Bertz CT molecular complexity index is 1360. The molecule has 0 aliphatic carbocycles. The van der Waals surface area contributed by atoms with Crippen molar-refractivity contribution in [3.63, 3.8) is 0 Å². The number of hydrogen-bond acceptors (Lipinski definition) is 8. The minimum Gasteiger partial charge on any atom is -0.438 e. The lowest BCUT2D eigenvalue weighted by Crippen LogP contribution is -2.41. The summed E-state index contributed by atoms with van der Waals surface area (Å²) in [7, 11) is 4.32. The summed E-state index contributed by atoms with van der Waals surface area (Å²) >= 11 is 0. The summed E-state index contributed by atoms with van der Waals surface area (Å²) in [6, 6.07) is 16.2. The highest BCUT2D eigenvalue weighted by atomic mass is 16.5. The number of nitrogens with zero attached hydrogens (tertiary/aromatic N) is 4. The van der Waals surface area contributed by atoms with Gasteiger partial charge in [0.2, 0.25) is 17.7 Å². The average Bonchev–Trinajstić information content (AvgIpc) is 2.98. The van der Waals surface area contributed by atoms with E-state index in [1.54, 1.807) is 18.3 Å². The Kier molecular flexibility index (Phi) is 8.73. The second-order valence-electron chi connectivity index (χ2n) is 10.1. The van der Waals surface area contributed by atoms with E-state index in [2.05, 4.69) is 70.4 Å². The fourth-order valence-electron chi connectivity index (χ4n) is 4.96. The molecule has 208 valence electrons. The zero-order chi connectivity index (χ0) is 27.9. The quantitative estimate of drug-likeness (QED) is 0.345. The summed E-state index contributed by atoms with van der Waals surface area (Å²) in [5.41, 5.74) is 4.60. The number of rotatable bonds is 9. The Morgan fingerprint density at radius 1 is 1.15 bits per heavy atom. The molecule has 9 nitrogen and oxygen atoms in total. The van der Waals surface area contributed by atoms with Crippen molar-refractivity contribution in [1.82, 2.24) is 14.9 Å². The van der Waals surface area contributed by atoms with Gasteiger partial charge in [0.15, 0.2) is 0 Å². The van der Waals surface area contributed by atoms with Gasteiger partial charge in [0.05, 0.1) is 18.8 Å². The van der Waals surface area contributed by atoms with Crippen LogP contribution in [0.1, 0.15) is 24.8 Å². The van der Waals surface area contributed by atoms with Gasteiger partial charge in [0, 0.05) is 48.5 Å². The van der Waals surface area contributed by atoms with Crippen molar-refractivity contribution in [2.24, 2.45) is 0 Å². The molecule has 5 rings (SSSR count). The van der Waals surface area contributed by atoms with Crippen LogP contribution in [0.3, 0.4) is 0 Å². The molecule has 1 fully saturated rings. The van der Waals surface area contributed by atoms with E-state index < -0.39 is 0 Å². The van der Waals surface area contributed by atoms with E-state index in [0.717, 1.165) is 36.3 Å². The maximum Gasteiger partial charge on any atom is 0.247 e. The summed E-state index contributed by atoms with van der Waals surface area (Å²) in [5.74, 6) is 1.12. The minimum absolute atomic E-state index is 0.289. The lowest BCUT2D eigenvalue weighted by atomic mass is 10.0. The predicted molar refractivity (Wildman–Crippen MR) is 159 cm³/mol. The molecule has 0 spiro atoms. The molecule has 2 N–H and O–H groups in total. The molecule has 3 aromatic rings. The highest BCUT2D eigenvalue weighted by Crippen LogP contribution is 2.33. The first-order chi connectivity index (χ1) is 19.5. The first-order valence-corrected chi connectivity index (χ1v) is 13.6. The monoisotopic (exact) mass is 540 g/mol. The number of carbonyl (C=O) groups is 1. The Morgan fingerprint density at radius 3 is 2.65 bits per heavy atom. The fraction of sp³-hybridized carbons (Fsp3) is 0.323. The third-order valence-corrected chi connectivity index (χ3v) is 7.25. The molecule has 2 aromatic carbocycles. The number of benzene rings is 2. The first kappa shape index (κ1) is 27.4. The zero-order valence-corrected chi connectivity index (χ0v) is 23.1. The lowest BCUT2D eigenvalue weighted by molar-refractivity contribution is -0.111. The standard InChI is InChI=1S/C31H36N6O3/c1-4-29(38)33-24-6-5-7-27(20-24)40-30-28(22-14-18-39-19-15-22)21-32-31(35-30)34-23-8-10-26(11-9-23)37-16-12-25(13-17-37)36(2)3/h4-11,14,20-21,25H,1,12-13,15-19H2,2-3H3,(H,33,38)(H,32,34,35). The summed E-state index contributed by atoms with van der Waals surface area (Å²) in [5, 5.41) is 6.08. The molecule has 1 amide bonds. The van der Waals surface area contributed by atoms with Gasteiger partial charge in [-0.25, -0.2) is 4.98 Å². The molecule has 0 atom stereocenters. The predicted octanol–water partition coefficient (Wildman–Crippen LogP) is 5.47. The van der Waals surface area contributed by atoms with Crippen LogP contribution in [0.25, 0.3) is 5.57 Å². The fourth-order valence-corrected chi connectivity index (χ4v) is 4.96. The summed E-state index contributed by atoms with van der Waals surface area (Å²) in [4.78, 5) is 25.8. The van der Waals surface area contributed by atoms with Crippen molar-refractivity contribution in [2.75, 3.05) is 55.9 Å². The number of anilines is 4. The topological polar surface area (TPSA) is 91.8 Å². The van der Waals surface area contributed by atoms with E-state index in [1.807, 2.05) is 18.2 Å². The Morgan fingerprint density at radius 2 is 1.95 bits per heavy atom. The summed E-state index contributed by atoms with van der Waals surface area (Å²) in [6.45, 7) is 6.79. The van der Waals surface area contributed by atoms with Crippen molar-refractivity contribution in [3.05, 3.63) is 79.0 Å². The maximum absolute atomic E-state index is 11.8. The van der Waals surface area contributed by atoms with Gasteiger partial charge < -0.3 is 29.9 Å². The van der Waals surface area contributed by atoms with E-state index in [-0.39, 0.29) is 5.91 Å². The van der Waals surface area contributed by atoms with E-state index in [9.17, 15) is 4.79 Å². The molecule has 0 unspecified atom stereocenters. The van der Waals surface area contributed by atoms with Gasteiger partial charge in [-0.15, -0.1) is 0 Å². The Hall–Kier alpha value is -4.21. The van der Waals surface area contributed by atoms with E-state index in [1.165, 1.54) is 24.6 Å². The smallest absolute Gasteiger partial charge is 0.247 e. The summed E-state index contributed by atoms with van der Waals surface area (Å²) < 4.78 is 11.8. The molecule has 0 radical (unpaired) electrons. The number of hydrogen-bond donors (Lipinski definition) is 2. The molecular formula is C31H36N6O3. The van der Waals surface area contributed by atoms with Gasteiger partial charge in [-0.2, -0.15) is 4.98 Å². The first-order valence-electron chi connectivity index (χ1n) is 13.6. The van der Waals surface area contributed by atoms with Gasteiger partial charge >= 0.3 is 0 Å². The minimum atomic E-state index is -0.289. The van der Waals surface area contributed by atoms with Gasteiger partial charge in [0.1, 0.15) is 5.75 Å². The molecule has 1 aromatic heterocycles. The average molecular weight is 541 g/mol. The van der Waals surface area contributed by atoms with Gasteiger partial charge in [-0.05, 0) is 81.4 Å². The van der Waals surface area contributed by atoms with Crippen LogP contribution in [0.2, 0.25) is 0 Å². The van der Waals surface area contributed by atoms with Crippen LogP contribution in [-0.2, 0) is 9.53 Å². The molecule has 0 bridgehead atoms. The third kappa shape index (κ3) is 6.86. The number of aromatic nitrogens is 2. The maximum atomic E-state index is 11.8. The number of ether oxygens (including phenoxy) is 2. The van der Waals surface area contributed by atoms with Crippen molar-refractivity contribution in [2.45, 2.75) is 25.3 Å². The van der Waals surface area contributed by atoms with E-state index in [4.69, 9.17) is 14.5 Å². The number of carbonyl (C=O) groups excluding carboxylic acids is 1. The number of nitrogens with one attached hydrogen (secondary N) is 2. The largest absolute Gasteiger partial charge is 0.438 e. The van der Waals surface area contributed by atoms with Crippen LogP contribution in [0, 0.1) is 0 Å². The highest BCUT2D eigenvalue weighted by Gasteiger charge is 2.21. The van der Waals surface area contributed by atoms with E-state index >= 15 is 0 Å². The lowest BCUT2D eigenvalue weighted by Gasteiger charge is -2.36. The Balaban J connectivity index is 1.33. The second kappa shape index (κ2) is 12.8. The van der Waals surface area contributed by atoms with Crippen molar-refractivity contribution in [3.8, 4) is 11.6 Å². The van der Waals surface area contributed by atoms with Gasteiger partial charge in [-0.1, -0.05) is 18.7 Å². The SMILES string of the molecule is C=CC(=O)Nc1cccc(Oc2nc(Nc3ccc(N4CCC(N(C)C)CC4)cc3)ncc2C2=CCOCC2)c1. The van der Waals surface area contributed by atoms with Crippen LogP contribution in [-0.4, -0.2) is 67.2 Å². The number of piperidine rings is 1.